The van der Waals surface area contributed by atoms with Gasteiger partial charge in [-0.1, -0.05) is 11.9 Å². The molecule has 0 aliphatic carbocycles. The van der Waals surface area contributed by atoms with Crippen LogP contribution >= 0.6 is 11.9 Å². The fourth-order valence-electron chi connectivity index (χ4n) is 2.76. The molecule has 0 radical (unpaired) electrons. The average molecular weight is 260 g/mol. The molecule has 0 aromatic heterocycles. The summed E-state index contributed by atoms with van der Waals surface area (Å²) in [5.41, 5.74) is 0. The lowest BCUT2D eigenvalue weighted by Crippen LogP contribution is -2.35. The number of rotatable bonds is 4. The summed E-state index contributed by atoms with van der Waals surface area (Å²) < 4.78 is 8.56. The number of likely N-dealkylation sites (tertiary alicyclic amines) is 1. The third-order valence-electron chi connectivity index (χ3n) is 3.90. The van der Waals surface area contributed by atoms with E-state index in [9.17, 15) is 5.11 Å². The van der Waals surface area contributed by atoms with E-state index < -0.39 is 0 Å². The van der Waals surface area contributed by atoms with Crippen molar-refractivity contribution in [2.75, 3.05) is 39.5 Å². The summed E-state index contributed by atoms with van der Waals surface area (Å²) >= 11 is 1.83. The van der Waals surface area contributed by atoms with Gasteiger partial charge in [0.2, 0.25) is 0 Å². The maximum Gasteiger partial charge on any atom is 0.0721 e. The maximum absolute atomic E-state index is 9.22. The number of ether oxygens (including phenoxy) is 1. The van der Waals surface area contributed by atoms with E-state index in [1.54, 1.807) is 0 Å². The van der Waals surface area contributed by atoms with Crippen LogP contribution in [0.4, 0.5) is 0 Å². The molecule has 2 unspecified atom stereocenters. The fraction of sp³-hybridized carbons (Fsp3) is 1.00. The number of likely N-dealkylation sites (N-methyl/N-ethyl adjacent to an activating group) is 1. The minimum atomic E-state index is 0.251. The highest BCUT2D eigenvalue weighted by Gasteiger charge is 2.32. The molecule has 0 saturated carbocycles. The molecule has 0 bridgehead atoms. The third-order valence-corrected chi connectivity index (χ3v) is 4.79. The lowest BCUT2D eigenvalue weighted by Gasteiger charge is -2.31. The second kappa shape index (κ2) is 6.38. The van der Waals surface area contributed by atoms with E-state index in [2.05, 4.69) is 22.5 Å². The Morgan fingerprint density at radius 1 is 1.29 bits per heavy atom. The van der Waals surface area contributed by atoms with Gasteiger partial charge in [0.15, 0.2) is 0 Å². The van der Waals surface area contributed by atoms with Gasteiger partial charge >= 0.3 is 0 Å². The van der Waals surface area contributed by atoms with Gasteiger partial charge in [0.25, 0.3) is 0 Å². The van der Waals surface area contributed by atoms with Crippen LogP contribution in [0.5, 0.6) is 0 Å². The van der Waals surface area contributed by atoms with Crippen molar-refractivity contribution in [1.82, 2.24) is 9.21 Å². The molecule has 0 aromatic carbocycles. The van der Waals surface area contributed by atoms with E-state index in [-0.39, 0.29) is 6.61 Å². The molecule has 2 saturated heterocycles. The minimum Gasteiger partial charge on any atom is -0.395 e. The van der Waals surface area contributed by atoms with Crippen LogP contribution in [0.2, 0.25) is 0 Å². The van der Waals surface area contributed by atoms with Gasteiger partial charge in [-0.05, 0) is 32.6 Å². The summed E-state index contributed by atoms with van der Waals surface area (Å²) in [7, 11) is 2.07. The van der Waals surface area contributed by atoms with E-state index in [4.69, 9.17) is 4.74 Å². The molecule has 0 aromatic rings. The second-order valence-corrected chi connectivity index (χ2v) is 5.96. The standard InChI is InChI=1S/C12H24N2O2S/c1-13-8-12(7-10(13)9-15)16-11-3-5-14(17-2)6-4-11/h10-12,15H,3-9H2,1-2H3. The molecule has 1 N–H and O–H groups in total. The van der Waals surface area contributed by atoms with E-state index in [1.165, 1.54) is 0 Å². The average Bonchev–Trinajstić information content (AvgIpc) is 2.70. The summed E-state index contributed by atoms with van der Waals surface area (Å²) in [4.78, 5) is 2.21. The van der Waals surface area contributed by atoms with Gasteiger partial charge in [-0.3, -0.25) is 9.21 Å². The van der Waals surface area contributed by atoms with Gasteiger partial charge in [0.1, 0.15) is 0 Å². The van der Waals surface area contributed by atoms with Crippen molar-refractivity contribution in [3.05, 3.63) is 0 Å². The van der Waals surface area contributed by atoms with Gasteiger partial charge in [0.05, 0.1) is 18.8 Å². The largest absolute Gasteiger partial charge is 0.395 e. The van der Waals surface area contributed by atoms with Crippen LogP contribution in [-0.4, -0.2) is 72.1 Å². The van der Waals surface area contributed by atoms with Gasteiger partial charge in [-0.25, -0.2) is 0 Å². The molecule has 0 spiro atoms. The highest BCUT2D eigenvalue weighted by molar-refractivity contribution is 7.96. The van der Waals surface area contributed by atoms with E-state index in [0.717, 1.165) is 38.9 Å². The number of hydrogen-bond donors (Lipinski definition) is 1. The van der Waals surface area contributed by atoms with Gasteiger partial charge in [-0.15, -0.1) is 0 Å². The first-order valence-corrected chi connectivity index (χ1v) is 7.66. The topological polar surface area (TPSA) is 35.9 Å². The summed E-state index contributed by atoms with van der Waals surface area (Å²) in [6.45, 7) is 3.49. The Morgan fingerprint density at radius 2 is 2.00 bits per heavy atom. The number of aliphatic hydroxyl groups excluding tert-OH is 1. The first-order chi connectivity index (χ1) is 8.22. The Kier molecular flexibility index (Phi) is 5.11. The van der Waals surface area contributed by atoms with E-state index in [1.807, 2.05) is 11.9 Å². The molecule has 2 rings (SSSR count). The number of piperidine rings is 1. The van der Waals surface area contributed by atoms with Crippen molar-refractivity contribution in [2.24, 2.45) is 0 Å². The molecule has 17 heavy (non-hydrogen) atoms. The van der Waals surface area contributed by atoms with Crippen LogP contribution in [0, 0.1) is 0 Å². The number of nitrogens with zero attached hydrogens (tertiary/aromatic N) is 2. The summed E-state index contributed by atoms with van der Waals surface area (Å²) in [6.07, 6.45) is 6.15. The van der Waals surface area contributed by atoms with Crippen LogP contribution in [0.15, 0.2) is 0 Å². The normalized spacial score (nSPS) is 33.4. The predicted molar refractivity (Wildman–Crippen MR) is 71.1 cm³/mol. The number of aliphatic hydroxyl groups is 1. The van der Waals surface area contributed by atoms with Crippen LogP contribution < -0.4 is 0 Å². The molecule has 2 atom stereocenters. The smallest absolute Gasteiger partial charge is 0.0721 e. The van der Waals surface area contributed by atoms with Gasteiger partial charge in [-0.2, -0.15) is 0 Å². The lowest BCUT2D eigenvalue weighted by molar-refractivity contribution is -0.0273. The monoisotopic (exact) mass is 260 g/mol. The van der Waals surface area contributed by atoms with Crippen molar-refractivity contribution in [2.45, 2.75) is 37.5 Å². The molecular weight excluding hydrogens is 236 g/mol. The molecule has 4 nitrogen and oxygen atoms in total. The third kappa shape index (κ3) is 3.58. The van der Waals surface area contributed by atoms with Crippen molar-refractivity contribution >= 4 is 11.9 Å². The SMILES string of the molecule is CSN1CCC(OC2CC(CO)N(C)C2)CC1. The summed E-state index contributed by atoms with van der Waals surface area (Å²) in [6, 6.07) is 0.297. The molecule has 2 aliphatic heterocycles. The number of hydrogen-bond acceptors (Lipinski definition) is 5. The first-order valence-electron chi connectivity index (χ1n) is 6.48. The van der Waals surface area contributed by atoms with Crippen molar-refractivity contribution in [3.63, 3.8) is 0 Å². The van der Waals surface area contributed by atoms with Crippen molar-refractivity contribution in [3.8, 4) is 0 Å². The first kappa shape index (κ1) is 13.6. The summed E-state index contributed by atoms with van der Waals surface area (Å²) in [5, 5.41) is 9.22. The maximum atomic E-state index is 9.22. The zero-order valence-corrected chi connectivity index (χ0v) is 11.7. The molecular formula is C12H24N2O2S. The molecule has 2 aliphatic rings. The minimum absolute atomic E-state index is 0.251. The quantitative estimate of drug-likeness (QED) is 0.757. The van der Waals surface area contributed by atoms with E-state index >= 15 is 0 Å². The highest BCUT2D eigenvalue weighted by atomic mass is 32.2. The predicted octanol–water partition coefficient (Wildman–Crippen LogP) is 0.810. The van der Waals surface area contributed by atoms with Crippen molar-refractivity contribution in [1.29, 1.82) is 0 Å². The van der Waals surface area contributed by atoms with E-state index in [0.29, 0.717) is 18.2 Å². The Balaban J connectivity index is 1.72. The highest BCUT2D eigenvalue weighted by Crippen LogP contribution is 2.24. The van der Waals surface area contributed by atoms with Crippen molar-refractivity contribution < 1.29 is 9.84 Å². The molecule has 2 fully saturated rings. The molecule has 5 heteroatoms. The van der Waals surface area contributed by atoms with Crippen LogP contribution in [0.3, 0.4) is 0 Å². The molecule has 100 valence electrons. The zero-order valence-electron chi connectivity index (χ0n) is 10.8. The second-order valence-electron chi connectivity index (χ2n) is 5.08. The van der Waals surface area contributed by atoms with Crippen LogP contribution in [0.25, 0.3) is 0 Å². The molecule has 0 amide bonds. The Morgan fingerprint density at radius 3 is 2.53 bits per heavy atom. The van der Waals surface area contributed by atoms with Crippen LogP contribution in [0.1, 0.15) is 19.3 Å². The Bertz CT molecular complexity index is 235. The summed E-state index contributed by atoms with van der Waals surface area (Å²) in [5.74, 6) is 0. The van der Waals surface area contributed by atoms with Gasteiger partial charge in [0, 0.05) is 25.7 Å². The Labute approximate surface area is 108 Å². The Hall–Kier alpha value is 0.190. The fourth-order valence-corrected chi connectivity index (χ4v) is 3.34. The lowest BCUT2D eigenvalue weighted by atomic mass is 10.1. The molecule has 2 heterocycles. The zero-order chi connectivity index (χ0) is 12.3. The van der Waals surface area contributed by atoms with Gasteiger partial charge < -0.3 is 9.84 Å². The van der Waals surface area contributed by atoms with Crippen LogP contribution in [-0.2, 0) is 4.74 Å².